The average Bonchev–Trinajstić information content (AvgIpc) is 2.72. The van der Waals surface area contributed by atoms with Crippen LogP contribution in [0, 0.1) is 18.3 Å². The Bertz CT molecular complexity index is 1090. The summed E-state index contributed by atoms with van der Waals surface area (Å²) in [5.41, 5.74) is 3.83. The van der Waals surface area contributed by atoms with E-state index >= 15 is 0 Å². The molecular weight excluding hydrogens is 428 g/mol. The molecule has 3 rings (SSSR count). The minimum atomic E-state index is -0.253. The van der Waals surface area contributed by atoms with Gasteiger partial charge in [-0.15, -0.1) is 0 Å². The van der Waals surface area contributed by atoms with Crippen molar-refractivity contribution in [2.24, 2.45) is 0 Å². The number of amides is 1. The third-order valence-electron chi connectivity index (χ3n) is 4.14. The number of ether oxygens (including phenoxy) is 1. The van der Waals surface area contributed by atoms with Gasteiger partial charge in [-0.3, -0.25) is 4.79 Å². The molecule has 0 saturated heterocycles. The van der Waals surface area contributed by atoms with Crippen LogP contribution in [0.15, 0.2) is 77.3 Å². The molecule has 0 bridgehead atoms. The largest absolute Gasteiger partial charge is 0.483 e. The number of allylic oxidation sites excluding steroid dienone is 1. The Morgan fingerprint density at radius 2 is 1.90 bits per heavy atom. The van der Waals surface area contributed by atoms with Crippen molar-refractivity contribution in [3.8, 4) is 11.8 Å². The number of benzene rings is 3. The Labute approximate surface area is 178 Å². The molecule has 4 nitrogen and oxygen atoms in total. The molecule has 0 atom stereocenters. The van der Waals surface area contributed by atoms with Gasteiger partial charge in [-0.25, -0.2) is 0 Å². The number of nitrogens with zero attached hydrogens (tertiary/aromatic N) is 1. The zero-order valence-corrected chi connectivity index (χ0v) is 17.4. The lowest BCUT2D eigenvalue weighted by atomic mass is 10.0. The van der Waals surface area contributed by atoms with Crippen LogP contribution >= 0.6 is 15.9 Å². The van der Waals surface area contributed by atoms with Gasteiger partial charge in [-0.2, -0.15) is 5.26 Å². The first-order valence-electron chi connectivity index (χ1n) is 9.01. The molecule has 1 N–H and O–H groups in total. The number of aryl methyl sites for hydroxylation is 1. The van der Waals surface area contributed by atoms with Crippen molar-refractivity contribution < 1.29 is 9.53 Å². The van der Waals surface area contributed by atoms with Crippen molar-refractivity contribution >= 4 is 39.2 Å². The maximum Gasteiger partial charge on any atom is 0.262 e. The van der Waals surface area contributed by atoms with Gasteiger partial charge in [-0.05, 0) is 54.5 Å². The summed E-state index contributed by atoms with van der Waals surface area (Å²) in [5, 5.41) is 12.4. The van der Waals surface area contributed by atoms with E-state index in [9.17, 15) is 10.1 Å². The van der Waals surface area contributed by atoms with Crippen LogP contribution in [0.1, 0.15) is 16.7 Å². The topological polar surface area (TPSA) is 62.1 Å². The third kappa shape index (κ3) is 5.81. The van der Waals surface area contributed by atoms with E-state index in [2.05, 4.69) is 27.3 Å². The second-order valence-corrected chi connectivity index (χ2v) is 7.34. The SMILES string of the molecule is Cc1cccc(NC(=O)COc2ccc(Br)cc2/C=C(\C#N)c2ccccc2)c1. The van der Waals surface area contributed by atoms with Gasteiger partial charge in [0, 0.05) is 15.7 Å². The minimum Gasteiger partial charge on any atom is -0.483 e. The van der Waals surface area contributed by atoms with E-state index in [4.69, 9.17) is 4.74 Å². The van der Waals surface area contributed by atoms with Crippen LogP contribution in [0.5, 0.6) is 5.75 Å². The van der Waals surface area contributed by atoms with Crippen molar-refractivity contribution in [1.82, 2.24) is 0 Å². The van der Waals surface area contributed by atoms with Crippen molar-refractivity contribution in [1.29, 1.82) is 5.26 Å². The maximum atomic E-state index is 12.3. The zero-order chi connectivity index (χ0) is 20.6. The van der Waals surface area contributed by atoms with Gasteiger partial charge in [0.25, 0.3) is 5.91 Å². The molecular formula is C24H19BrN2O2. The number of carbonyl (C=O) groups is 1. The third-order valence-corrected chi connectivity index (χ3v) is 4.63. The first-order valence-corrected chi connectivity index (χ1v) is 9.80. The maximum absolute atomic E-state index is 12.3. The summed E-state index contributed by atoms with van der Waals surface area (Å²) < 4.78 is 6.60. The van der Waals surface area contributed by atoms with E-state index < -0.39 is 0 Å². The fourth-order valence-corrected chi connectivity index (χ4v) is 3.16. The summed E-state index contributed by atoms with van der Waals surface area (Å²) in [5.74, 6) is 0.272. The Morgan fingerprint density at radius 1 is 1.10 bits per heavy atom. The van der Waals surface area contributed by atoms with Crippen LogP contribution in [0.3, 0.4) is 0 Å². The fourth-order valence-electron chi connectivity index (χ4n) is 2.78. The summed E-state index contributed by atoms with van der Waals surface area (Å²) in [6.07, 6.45) is 1.76. The fraction of sp³-hybridized carbons (Fsp3) is 0.0833. The number of rotatable bonds is 6. The molecule has 1 amide bonds. The van der Waals surface area contributed by atoms with Crippen molar-refractivity contribution in [2.45, 2.75) is 6.92 Å². The molecule has 0 spiro atoms. The van der Waals surface area contributed by atoms with Crippen LogP contribution in [0.25, 0.3) is 11.6 Å². The van der Waals surface area contributed by atoms with E-state index in [1.165, 1.54) is 0 Å². The minimum absolute atomic E-state index is 0.135. The van der Waals surface area contributed by atoms with E-state index in [1.54, 1.807) is 12.1 Å². The highest BCUT2D eigenvalue weighted by Crippen LogP contribution is 2.28. The molecule has 3 aromatic rings. The van der Waals surface area contributed by atoms with Gasteiger partial charge in [-0.1, -0.05) is 58.4 Å². The van der Waals surface area contributed by atoms with Gasteiger partial charge in [0.05, 0.1) is 11.6 Å². The molecule has 0 saturated carbocycles. The number of nitriles is 1. The number of anilines is 1. The highest BCUT2D eigenvalue weighted by Gasteiger charge is 2.09. The van der Waals surface area contributed by atoms with Gasteiger partial charge >= 0.3 is 0 Å². The Kier molecular flexibility index (Phi) is 6.83. The quantitative estimate of drug-likeness (QED) is 0.382. The zero-order valence-electron chi connectivity index (χ0n) is 15.9. The Morgan fingerprint density at radius 3 is 2.62 bits per heavy atom. The lowest BCUT2D eigenvalue weighted by Gasteiger charge is -2.11. The second kappa shape index (κ2) is 9.72. The lowest BCUT2D eigenvalue weighted by Crippen LogP contribution is -2.20. The van der Waals surface area contributed by atoms with Crippen LogP contribution in [0.2, 0.25) is 0 Å². The van der Waals surface area contributed by atoms with Gasteiger partial charge in [0.15, 0.2) is 6.61 Å². The molecule has 0 unspecified atom stereocenters. The molecule has 0 radical (unpaired) electrons. The second-order valence-electron chi connectivity index (χ2n) is 6.42. The summed E-state index contributed by atoms with van der Waals surface area (Å²) in [7, 11) is 0. The molecule has 0 aliphatic rings. The summed E-state index contributed by atoms with van der Waals surface area (Å²) in [4.78, 5) is 12.3. The van der Waals surface area contributed by atoms with Gasteiger partial charge in [0.1, 0.15) is 5.75 Å². The van der Waals surface area contributed by atoms with Crippen LogP contribution in [-0.2, 0) is 4.79 Å². The summed E-state index contributed by atoms with van der Waals surface area (Å²) in [6.45, 7) is 1.83. The smallest absolute Gasteiger partial charge is 0.262 e. The normalized spacial score (nSPS) is 10.9. The summed E-state index contributed by atoms with van der Waals surface area (Å²) >= 11 is 3.45. The molecule has 0 heterocycles. The Balaban J connectivity index is 1.77. The predicted molar refractivity (Wildman–Crippen MR) is 119 cm³/mol. The number of carbonyl (C=O) groups excluding carboxylic acids is 1. The molecule has 0 aromatic heterocycles. The summed E-state index contributed by atoms with van der Waals surface area (Å²) in [6, 6.07) is 24.7. The van der Waals surface area contributed by atoms with Gasteiger partial charge in [0.2, 0.25) is 0 Å². The number of halogens is 1. The van der Waals surface area contributed by atoms with Crippen LogP contribution in [-0.4, -0.2) is 12.5 Å². The monoisotopic (exact) mass is 446 g/mol. The average molecular weight is 447 g/mol. The molecule has 3 aromatic carbocycles. The standard InChI is InChI=1S/C24H19BrN2O2/c1-17-6-5-9-22(12-17)27-24(28)16-29-23-11-10-21(25)14-19(23)13-20(15-26)18-7-3-2-4-8-18/h2-14H,16H2,1H3,(H,27,28)/b20-13+. The highest BCUT2D eigenvalue weighted by atomic mass is 79.9. The van der Waals surface area contributed by atoms with Crippen molar-refractivity contribution in [2.75, 3.05) is 11.9 Å². The lowest BCUT2D eigenvalue weighted by molar-refractivity contribution is -0.118. The molecule has 0 aliphatic carbocycles. The Hall–Kier alpha value is -3.36. The molecule has 0 aliphatic heterocycles. The highest BCUT2D eigenvalue weighted by molar-refractivity contribution is 9.10. The number of hydrogen-bond acceptors (Lipinski definition) is 3. The van der Waals surface area contributed by atoms with E-state index in [-0.39, 0.29) is 12.5 Å². The van der Waals surface area contributed by atoms with Crippen LogP contribution < -0.4 is 10.1 Å². The van der Waals surface area contributed by atoms with E-state index in [1.807, 2.05) is 73.7 Å². The van der Waals surface area contributed by atoms with E-state index in [0.29, 0.717) is 16.9 Å². The first-order chi connectivity index (χ1) is 14.0. The molecule has 144 valence electrons. The molecule has 0 fully saturated rings. The predicted octanol–water partition coefficient (Wildman–Crippen LogP) is 5.84. The van der Waals surface area contributed by atoms with Crippen molar-refractivity contribution in [3.05, 3.63) is 94.0 Å². The van der Waals surface area contributed by atoms with E-state index in [0.717, 1.165) is 21.3 Å². The molecule has 5 heteroatoms. The first kappa shape index (κ1) is 20.4. The molecule has 29 heavy (non-hydrogen) atoms. The van der Waals surface area contributed by atoms with Crippen LogP contribution in [0.4, 0.5) is 5.69 Å². The number of nitrogens with one attached hydrogen (secondary N) is 1. The number of hydrogen-bond donors (Lipinski definition) is 1. The van der Waals surface area contributed by atoms with Gasteiger partial charge < -0.3 is 10.1 Å². The van der Waals surface area contributed by atoms with Crippen molar-refractivity contribution in [3.63, 3.8) is 0 Å².